The number of carbonyl (C=O) groups excluding carboxylic acids is 1. The molecule has 3 rings (SSSR count). The molecule has 1 amide bonds. The fraction of sp³-hybridized carbons (Fsp3) is 0.600. The van der Waals surface area contributed by atoms with Gasteiger partial charge in [-0.15, -0.1) is 0 Å². The Kier molecular flexibility index (Phi) is 3.89. The number of carbonyl (C=O) groups is 1. The van der Waals surface area contributed by atoms with Crippen LogP contribution in [0.2, 0.25) is 10.2 Å². The second-order valence-electron chi connectivity index (χ2n) is 6.79. The topological polar surface area (TPSA) is 45.7 Å². The minimum Gasteiger partial charge on any atom is -0.444 e. The van der Waals surface area contributed by atoms with Crippen LogP contribution >= 0.6 is 23.2 Å². The zero-order chi connectivity index (χ0) is 16.1. The molecule has 0 unspecified atom stereocenters. The summed E-state index contributed by atoms with van der Waals surface area (Å²) in [6, 6.07) is 2.28. The maximum absolute atomic E-state index is 12.2. The molecule has 0 aromatic carbocycles. The Morgan fingerprint density at radius 1 is 1.32 bits per heavy atom. The molecule has 2 saturated heterocycles. The predicted molar refractivity (Wildman–Crippen MR) is 86.7 cm³/mol. The summed E-state index contributed by atoms with van der Waals surface area (Å²) in [5, 5.41) is 0.760. The number of hydrogen-bond donors (Lipinski definition) is 0. The quantitative estimate of drug-likeness (QED) is 0.731. The molecule has 0 spiro atoms. The number of anilines is 1. The van der Waals surface area contributed by atoms with Crippen LogP contribution in [0.3, 0.4) is 0 Å². The highest BCUT2D eigenvalue weighted by Gasteiger charge is 2.46. The molecule has 2 bridgehead atoms. The Morgan fingerprint density at radius 3 is 2.59 bits per heavy atom. The van der Waals surface area contributed by atoms with E-state index in [9.17, 15) is 4.79 Å². The van der Waals surface area contributed by atoms with Gasteiger partial charge in [-0.05, 0) is 33.3 Å². The van der Waals surface area contributed by atoms with Crippen molar-refractivity contribution in [1.29, 1.82) is 0 Å². The van der Waals surface area contributed by atoms with Crippen molar-refractivity contribution in [3.05, 3.63) is 22.4 Å². The first kappa shape index (κ1) is 15.7. The number of pyridine rings is 1. The van der Waals surface area contributed by atoms with Gasteiger partial charge in [-0.1, -0.05) is 23.2 Å². The molecule has 0 saturated carbocycles. The van der Waals surface area contributed by atoms with Crippen LogP contribution in [-0.4, -0.2) is 46.8 Å². The lowest BCUT2D eigenvalue weighted by molar-refractivity contribution is 0.0215. The molecule has 22 heavy (non-hydrogen) atoms. The molecule has 3 heterocycles. The Labute approximate surface area is 140 Å². The lowest BCUT2D eigenvalue weighted by Crippen LogP contribution is -2.50. The number of likely N-dealkylation sites (tertiary alicyclic amines) is 1. The number of fused-ring (bicyclic) bond motifs is 2. The summed E-state index contributed by atoms with van der Waals surface area (Å²) in [7, 11) is 0. The maximum atomic E-state index is 12.2. The highest BCUT2D eigenvalue weighted by molar-refractivity contribution is 6.41. The van der Waals surface area contributed by atoms with Gasteiger partial charge in [-0.2, -0.15) is 0 Å². The predicted octanol–water partition coefficient (Wildman–Crippen LogP) is 3.59. The lowest BCUT2D eigenvalue weighted by atomic mass is 10.2. The van der Waals surface area contributed by atoms with Crippen LogP contribution < -0.4 is 4.90 Å². The number of halogens is 2. The van der Waals surface area contributed by atoms with Crippen LogP contribution in [0.4, 0.5) is 10.5 Å². The molecule has 120 valence electrons. The second kappa shape index (κ2) is 5.46. The third kappa shape index (κ3) is 2.97. The Morgan fingerprint density at radius 2 is 2.05 bits per heavy atom. The van der Waals surface area contributed by atoms with Gasteiger partial charge in [0.1, 0.15) is 10.8 Å². The molecule has 1 aromatic heterocycles. The highest BCUT2D eigenvalue weighted by Crippen LogP contribution is 2.36. The molecular formula is C15H19Cl2N3O2. The number of rotatable bonds is 1. The summed E-state index contributed by atoms with van der Waals surface area (Å²) in [6.45, 7) is 7.08. The van der Waals surface area contributed by atoms with Crippen LogP contribution in [0.5, 0.6) is 0 Å². The number of piperazine rings is 1. The smallest absolute Gasteiger partial charge is 0.410 e. The van der Waals surface area contributed by atoms with Crippen molar-refractivity contribution in [2.24, 2.45) is 0 Å². The summed E-state index contributed by atoms with van der Waals surface area (Å²) < 4.78 is 5.47. The summed E-state index contributed by atoms with van der Waals surface area (Å²) in [6.07, 6.45) is 2.44. The third-order valence-electron chi connectivity index (χ3n) is 3.98. The number of nitrogens with zero attached hydrogens (tertiary/aromatic N) is 3. The van der Waals surface area contributed by atoms with E-state index in [1.165, 1.54) is 0 Å². The van der Waals surface area contributed by atoms with Gasteiger partial charge in [0.25, 0.3) is 0 Å². The van der Waals surface area contributed by atoms with Crippen molar-refractivity contribution in [3.63, 3.8) is 0 Å². The first-order chi connectivity index (χ1) is 10.2. The fourth-order valence-electron chi connectivity index (χ4n) is 3.10. The van der Waals surface area contributed by atoms with E-state index in [-0.39, 0.29) is 18.2 Å². The van der Waals surface area contributed by atoms with E-state index in [2.05, 4.69) is 9.88 Å². The Balaban J connectivity index is 1.69. The first-order valence-corrected chi connectivity index (χ1v) is 8.07. The van der Waals surface area contributed by atoms with Gasteiger partial charge >= 0.3 is 6.09 Å². The average molecular weight is 344 g/mol. The Bertz CT molecular complexity index is 603. The van der Waals surface area contributed by atoms with Crippen molar-refractivity contribution in [3.8, 4) is 0 Å². The molecule has 0 aliphatic carbocycles. The molecule has 1 aromatic rings. The van der Waals surface area contributed by atoms with Gasteiger partial charge in [-0.25, -0.2) is 9.78 Å². The molecule has 2 atom stereocenters. The summed E-state index contributed by atoms with van der Waals surface area (Å²) in [5.41, 5.74) is 0.484. The number of hydrogen-bond acceptors (Lipinski definition) is 4. The summed E-state index contributed by atoms with van der Waals surface area (Å²) in [4.78, 5) is 20.4. The minimum atomic E-state index is -0.466. The van der Waals surface area contributed by atoms with Gasteiger partial charge in [0.2, 0.25) is 0 Å². The molecule has 0 N–H and O–H groups in total. The van der Waals surface area contributed by atoms with E-state index >= 15 is 0 Å². The van der Waals surface area contributed by atoms with Crippen LogP contribution in [0, 0.1) is 0 Å². The Hall–Kier alpha value is -1.20. The van der Waals surface area contributed by atoms with E-state index in [1.54, 1.807) is 6.20 Å². The zero-order valence-corrected chi connectivity index (χ0v) is 14.4. The molecular weight excluding hydrogens is 325 g/mol. The normalized spacial score (nSPS) is 24.0. The van der Waals surface area contributed by atoms with Crippen LogP contribution in [-0.2, 0) is 4.74 Å². The molecule has 0 radical (unpaired) electrons. The number of amides is 1. The van der Waals surface area contributed by atoms with Crippen molar-refractivity contribution >= 4 is 35.0 Å². The van der Waals surface area contributed by atoms with E-state index in [4.69, 9.17) is 27.9 Å². The fourth-order valence-corrected chi connectivity index (χ4v) is 3.36. The van der Waals surface area contributed by atoms with Crippen LogP contribution in [0.15, 0.2) is 12.3 Å². The SMILES string of the molecule is CC(C)(C)OC(=O)N1C[C@H]2C[C@@H]1CN2c1cnc(Cl)c(Cl)c1. The molecule has 7 heteroatoms. The summed E-state index contributed by atoms with van der Waals surface area (Å²) >= 11 is 11.9. The minimum absolute atomic E-state index is 0.175. The average Bonchev–Trinajstić information content (AvgIpc) is 2.99. The first-order valence-electron chi connectivity index (χ1n) is 7.32. The zero-order valence-electron chi connectivity index (χ0n) is 12.8. The second-order valence-corrected chi connectivity index (χ2v) is 7.56. The van der Waals surface area contributed by atoms with Gasteiger partial charge in [0.05, 0.1) is 22.9 Å². The van der Waals surface area contributed by atoms with Crippen molar-refractivity contribution in [2.75, 3.05) is 18.0 Å². The monoisotopic (exact) mass is 343 g/mol. The van der Waals surface area contributed by atoms with E-state index in [0.29, 0.717) is 16.7 Å². The van der Waals surface area contributed by atoms with Crippen molar-refractivity contribution in [2.45, 2.75) is 44.9 Å². The maximum Gasteiger partial charge on any atom is 0.410 e. The van der Waals surface area contributed by atoms with Gasteiger partial charge in [0, 0.05) is 19.1 Å². The van der Waals surface area contributed by atoms with Gasteiger partial charge in [-0.3, -0.25) is 0 Å². The van der Waals surface area contributed by atoms with E-state index in [1.807, 2.05) is 31.7 Å². The van der Waals surface area contributed by atoms with Crippen LogP contribution in [0.1, 0.15) is 27.2 Å². The van der Waals surface area contributed by atoms with E-state index < -0.39 is 5.60 Å². The van der Waals surface area contributed by atoms with Crippen molar-refractivity contribution < 1.29 is 9.53 Å². The standard InChI is InChI=1S/C15H19Cl2N3O2/c1-15(2,3)22-14(21)20-8-10-4-11(20)7-19(10)9-5-12(16)13(17)18-6-9/h5-6,10-11H,4,7-8H2,1-3H3/t10-,11-/m1/s1. The molecule has 2 aliphatic rings. The lowest BCUT2D eigenvalue weighted by Gasteiger charge is -2.36. The van der Waals surface area contributed by atoms with Gasteiger partial charge in [0.15, 0.2) is 0 Å². The molecule has 5 nitrogen and oxygen atoms in total. The largest absolute Gasteiger partial charge is 0.444 e. The summed E-state index contributed by atoms with van der Waals surface area (Å²) in [5.74, 6) is 0. The van der Waals surface area contributed by atoms with Crippen LogP contribution in [0.25, 0.3) is 0 Å². The number of ether oxygens (including phenoxy) is 1. The van der Waals surface area contributed by atoms with E-state index in [0.717, 1.165) is 18.7 Å². The third-order valence-corrected chi connectivity index (χ3v) is 4.67. The molecule has 2 aliphatic heterocycles. The highest BCUT2D eigenvalue weighted by atomic mass is 35.5. The van der Waals surface area contributed by atoms with Crippen molar-refractivity contribution in [1.82, 2.24) is 9.88 Å². The molecule has 2 fully saturated rings. The number of aromatic nitrogens is 1. The van der Waals surface area contributed by atoms with Gasteiger partial charge < -0.3 is 14.5 Å².